The first-order valence-corrected chi connectivity index (χ1v) is 8.30. The molecule has 0 aliphatic rings. The van der Waals surface area contributed by atoms with Gasteiger partial charge in [-0.3, -0.25) is 5.32 Å². The molecule has 0 spiro atoms. The van der Waals surface area contributed by atoms with Gasteiger partial charge in [-0.2, -0.15) is 26.3 Å². The number of ether oxygens (including phenoxy) is 2. The largest absolute Gasteiger partial charge is 0.485 e. The molecule has 13 heteroatoms. The zero-order valence-corrected chi connectivity index (χ0v) is 16.1. The number of allylic oxidation sites excluding steroid dienone is 1. The fourth-order valence-corrected chi connectivity index (χ4v) is 1.80. The topological polar surface area (TPSA) is 72.0 Å². The Hall–Kier alpha value is -2.89. The highest BCUT2D eigenvalue weighted by Gasteiger charge is 2.30. The second-order valence-corrected chi connectivity index (χ2v) is 5.98. The highest BCUT2D eigenvalue weighted by Crippen LogP contribution is 2.20. The van der Waals surface area contributed by atoms with Crippen molar-refractivity contribution in [2.75, 3.05) is 18.5 Å². The van der Waals surface area contributed by atoms with Crippen LogP contribution in [0.2, 0.25) is 5.02 Å². The molecule has 6 nitrogen and oxygen atoms in total. The van der Waals surface area contributed by atoms with Crippen LogP contribution >= 0.6 is 11.6 Å². The van der Waals surface area contributed by atoms with E-state index in [0.717, 1.165) is 0 Å². The quantitative estimate of drug-likeness (QED) is 0.189. The maximum Gasteiger partial charge on any atom is 0.422 e. The van der Waals surface area contributed by atoms with E-state index in [0.29, 0.717) is 16.8 Å². The highest BCUT2D eigenvalue weighted by atomic mass is 35.5. The number of urea groups is 1. The van der Waals surface area contributed by atoms with Gasteiger partial charge in [0.15, 0.2) is 13.2 Å². The Morgan fingerprint density at radius 1 is 1.10 bits per heavy atom. The summed E-state index contributed by atoms with van der Waals surface area (Å²) in [5.41, 5.74) is 0.364. The predicted molar refractivity (Wildman–Crippen MR) is 98.0 cm³/mol. The molecule has 30 heavy (non-hydrogen) atoms. The summed E-state index contributed by atoms with van der Waals surface area (Å²) >= 11 is 5.71. The molecule has 0 aromatic heterocycles. The van der Waals surface area contributed by atoms with Crippen LogP contribution in [-0.2, 0) is 9.47 Å². The molecule has 2 amide bonds. The Labute approximate surface area is 172 Å². The zero-order valence-electron chi connectivity index (χ0n) is 15.3. The van der Waals surface area contributed by atoms with E-state index in [1.165, 1.54) is 31.2 Å². The first-order valence-electron chi connectivity index (χ1n) is 7.92. The van der Waals surface area contributed by atoms with E-state index in [-0.39, 0.29) is 5.84 Å². The molecule has 0 saturated heterocycles. The van der Waals surface area contributed by atoms with Gasteiger partial charge in [-0.1, -0.05) is 18.2 Å². The number of aliphatic imine (C=N–C) groups is 1. The number of anilines is 1. The number of carbonyl (C=O) groups is 1. The van der Waals surface area contributed by atoms with Gasteiger partial charge in [0.05, 0.1) is 0 Å². The number of benzene rings is 1. The number of nitrogens with one attached hydrogen (secondary N) is 2. The van der Waals surface area contributed by atoms with Crippen molar-refractivity contribution in [2.24, 2.45) is 4.99 Å². The Morgan fingerprint density at radius 2 is 1.63 bits per heavy atom. The first kappa shape index (κ1) is 25.1. The molecular weight excluding hydrogens is 444 g/mol. The molecule has 0 atom stereocenters. The van der Waals surface area contributed by atoms with Gasteiger partial charge in [-0.05, 0) is 31.2 Å². The fraction of sp³-hybridized carbons (Fsp3) is 0.294. The van der Waals surface area contributed by atoms with Crippen molar-refractivity contribution < 1.29 is 40.6 Å². The average Bonchev–Trinajstić information content (AvgIpc) is 2.58. The van der Waals surface area contributed by atoms with Crippen molar-refractivity contribution in [3.05, 3.63) is 53.6 Å². The number of hydrogen-bond acceptors (Lipinski definition) is 4. The van der Waals surface area contributed by atoms with E-state index in [2.05, 4.69) is 31.7 Å². The third-order valence-electron chi connectivity index (χ3n) is 2.76. The van der Waals surface area contributed by atoms with Crippen molar-refractivity contribution in [3.8, 4) is 0 Å². The number of amidine groups is 1. The number of carbonyl (C=O) groups excluding carboxylic acids is 1. The second-order valence-electron chi connectivity index (χ2n) is 5.54. The number of amides is 2. The molecule has 0 fully saturated rings. The normalized spacial score (nSPS) is 12.9. The van der Waals surface area contributed by atoms with Crippen LogP contribution in [0.4, 0.5) is 36.8 Å². The van der Waals surface area contributed by atoms with Gasteiger partial charge in [-0.15, -0.1) is 0 Å². The molecule has 0 aliphatic heterocycles. The lowest BCUT2D eigenvalue weighted by molar-refractivity contribution is -0.165. The van der Waals surface area contributed by atoms with Gasteiger partial charge in [-0.25, -0.2) is 9.79 Å². The Morgan fingerprint density at radius 3 is 2.17 bits per heavy atom. The first-order chi connectivity index (χ1) is 13.7. The standard InChI is InChI=1S/C17H16ClF6N3O3/c1-10(29-8-16(19,20)21)7-14(30-9-17(22,23)24)25-11(2)26-15(28)27-13-5-3-12(18)4-6-13/h3-7H,1,8-9H2,2H3,(H2,25,26,27,28)/b14-7+. The Balaban J connectivity index is 2.84. The molecular formula is C17H16ClF6N3O3. The number of alkyl halides is 6. The summed E-state index contributed by atoms with van der Waals surface area (Å²) < 4.78 is 82.3. The molecule has 0 heterocycles. The summed E-state index contributed by atoms with van der Waals surface area (Å²) in [6, 6.07) is 5.22. The molecule has 1 aromatic rings. The van der Waals surface area contributed by atoms with Crippen LogP contribution < -0.4 is 10.6 Å². The summed E-state index contributed by atoms with van der Waals surface area (Å²) in [6.07, 6.45) is -8.79. The molecule has 0 saturated carbocycles. The van der Waals surface area contributed by atoms with Crippen molar-refractivity contribution in [1.82, 2.24) is 5.32 Å². The average molecular weight is 460 g/mol. The van der Waals surface area contributed by atoms with E-state index < -0.39 is 43.2 Å². The van der Waals surface area contributed by atoms with E-state index in [9.17, 15) is 31.1 Å². The molecule has 1 aromatic carbocycles. The Kier molecular flexibility index (Phi) is 9.02. The predicted octanol–water partition coefficient (Wildman–Crippen LogP) is 5.39. The van der Waals surface area contributed by atoms with Gasteiger partial charge >= 0.3 is 18.4 Å². The number of halogens is 7. The summed E-state index contributed by atoms with van der Waals surface area (Å²) in [5, 5.41) is 5.06. The van der Waals surface area contributed by atoms with Gasteiger partial charge in [0.1, 0.15) is 11.6 Å². The van der Waals surface area contributed by atoms with Crippen molar-refractivity contribution >= 4 is 29.2 Å². The lowest BCUT2D eigenvalue weighted by atomic mass is 10.3. The molecule has 1 rings (SSSR count). The maximum absolute atomic E-state index is 12.4. The SMILES string of the molecule is C=C(/C=C(\N=C(/C)NC(=O)Nc1ccc(Cl)cc1)OCC(F)(F)F)OCC(F)(F)F. The number of nitrogens with zero attached hydrogens (tertiary/aromatic N) is 1. The van der Waals surface area contributed by atoms with Crippen LogP contribution in [0.3, 0.4) is 0 Å². The molecule has 166 valence electrons. The van der Waals surface area contributed by atoms with Crippen LogP contribution in [0.15, 0.2) is 53.6 Å². The molecule has 0 radical (unpaired) electrons. The van der Waals surface area contributed by atoms with Crippen LogP contribution in [0.25, 0.3) is 0 Å². The highest BCUT2D eigenvalue weighted by molar-refractivity contribution is 6.30. The van der Waals surface area contributed by atoms with E-state index in [4.69, 9.17) is 11.6 Å². The van der Waals surface area contributed by atoms with Crippen LogP contribution in [0, 0.1) is 0 Å². The smallest absolute Gasteiger partial charge is 0.422 e. The lowest BCUT2D eigenvalue weighted by Crippen LogP contribution is -2.33. The molecule has 0 bridgehead atoms. The number of hydrogen-bond donors (Lipinski definition) is 2. The van der Waals surface area contributed by atoms with E-state index in [1.807, 2.05) is 0 Å². The molecule has 0 aliphatic carbocycles. The third kappa shape index (κ3) is 11.8. The lowest BCUT2D eigenvalue weighted by Gasteiger charge is -2.13. The third-order valence-corrected chi connectivity index (χ3v) is 3.02. The zero-order chi connectivity index (χ0) is 22.9. The van der Waals surface area contributed by atoms with Crippen LogP contribution in [-0.4, -0.2) is 37.4 Å². The summed E-state index contributed by atoms with van der Waals surface area (Å²) in [6.45, 7) is 0.860. The van der Waals surface area contributed by atoms with Gasteiger partial charge in [0, 0.05) is 16.8 Å². The van der Waals surface area contributed by atoms with Gasteiger partial charge in [0.25, 0.3) is 0 Å². The minimum Gasteiger partial charge on any atom is -0.485 e. The monoisotopic (exact) mass is 459 g/mol. The van der Waals surface area contributed by atoms with Crippen molar-refractivity contribution in [3.63, 3.8) is 0 Å². The maximum atomic E-state index is 12.4. The van der Waals surface area contributed by atoms with Crippen molar-refractivity contribution in [1.29, 1.82) is 0 Å². The van der Waals surface area contributed by atoms with Crippen LogP contribution in [0.1, 0.15) is 6.92 Å². The van der Waals surface area contributed by atoms with Crippen molar-refractivity contribution in [2.45, 2.75) is 19.3 Å². The van der Waals surface area contributed by atoms with Gasteiger partial charge < -0.3 is 14.8 Å². The molecule has 2 N–H and O–H groups in total. The van der Waals surface area contributed by atoms with Gasteiger partial charge in [0.2, 0.25) is 5.88 Å². The molecule has 0 unspecified atom stereocenters. The summed E-state index contributed by atoms with van der Waals surface area (Å²) in [4.78, 5) is 15.5. The summed E-state index contributed by atoms with van der Waals surface area (Å²) in [7, 11) is 0. The second kappa shape index (κ2) is 10.8. The summed E-state index contributed by atoms with van der Waals surface area (Å²) in [5.74, 6) is -1.64. The number of rotatable bonds is 7. The van der Waals surface area contributed by atoms with E-state index >= 15 is 0 Å². The minimum absolute atomic E-state index is 0.224. The van der Waals surface area contributed by atoms with Crippen LogP contribution in [0.5, 0.6) is 0 Å². The minimum atomic E-state index is -4.74. The Bertz CT molecular complexity index is 804. The fourth-order valence-electron chi connectivity index (χ4n) is 1.67. The van der Waals surface area contributed by atoms with E-state index in [1.54, 1.807) is 0 Å².